The van der Waals surface area contributed by atoms with Gasteiger partial charge in [-0.15, -0.1) is 10.2 Å². The van der Waals surface area contributed by atoms with Gasteiger partial charge in [0.2, 0.25) is 5.91 Å². The summed E-state index contributed by atoms with van der Waals surface area (Å²) in [5, 5.41) is 11.0. The number of aromatic nitrogens is 3. The molecule has 0 fully saturated rings. The molecule has 1 N–H and O–H groups in total. The van der Waals surface area contributed by atoms with Crippen LogP contribution in [-0.4, -0.2) is 31.9 Å². The number of alkyl halides is 1. The van der Waals surface area contributed by atoms with Gasteiger partial charge in [-0.1, -0.05) is 28.9 Å². The quantitative estimate of drug-likeness (QED) is 0.853. The molecule has 2 aromatic heterocycles. The van der Waals surface area contributed by atoms with Crippen molar-refractivity contribution in [2.24, 2.45) is 0 Å². The van der Waals surface area contributed by atoms with Gasteiger partial charge in [0.15, 0.2) is 5.65 Å². The van der Waals surface area contributed by atoms with Gasteiger partial charge in [0, 0.05) is 19.2 Å². The average Bonchev–Trinajstić information content (AvgIpc) is 2.81. The lowest BCUT2D eigenvalue weighted by Crippen LogP contribution is -2.32. The number of nitrogens with zero attached hydrogens (tertiary/aromatic N) is 3. The molecule has 0 saturated carbocycles. The Labute approximate surface area is 114 Å². The van der Waals surface area contributed by atoms with Crippen molar-refractivity contribution >= 4 is 27.5 Å². The van der Waals surface area contributed by atoms with Crippen molar-refractivity contribution in [3.8, 4) is 0 Å². The Morgan fingerprint density at radius 1 is 1.50 bits per heavy atom. The number of hydrogen-bond donors (Lipinski definition) is 1. The number of pyridine rings is 1. The maximum absolute atomic E-state index is 11.6. The molecule has 5 nitrogen and oxygen atoms in total. The van der Waals surface area contributed by atoms with Crippen molar-refractivity contribution < 1.29 is 4.79 Å². The Hall–Kier alpha value is -1.43. The van der Waals surface area contributed by atoms with Crippen LogP contribution in [-0.2, 0) is 11.2 Å². The van der Waals surface area contributed by atoms with E-state index in [4.69, 9.17) is 0 Å². The number of halogens is 1. The average molecular weight is 311 g/mol. The van der Waals surface area contributed by atoms with E-state index in [1.807, 2.05) is 35.7 Å². The third-order valence-corrected chi connectivity index (χ3v) is 3.74. The molecule has 0 bridgehead atoms. The van der Waals surface area contributed by atoms with E-state index in [-0.39, 0.29) is 10.7 Å². The lowest BCUT2D eigenvalue weighted by atomic mass is 10.3. The Balaban J connectivity index is 1.93. The van der Waals surface area contributed by atoms with Crippen LogP contribution in [0.2, 0.25) is 0 Å². The summed E-state index contributed by atoms with van der Waals surface area (Å²) in [5.74, 6) is 0.875. The molecule has 2 heterocycles. The predicted octanol–water partition coefficient (Wildman–Crippen LogP) is 1.56. The third kappa shape index (κ3) is 2.87. The molecule has 0 radical (unpaired) electrons. The lowest BCUT2D eigenvalue weighted by molar-refractivity contribution is -0.120. The maximum Gasteiger partial charge on any atom is 0.233 e. The number of hydrogen-bond acceptors (Lipinski definition) is 3. The molecule has 1 unspecified atom stereocenters. The van der Waals surface area contributed by atoms with Crippen molar-refractivity contribution in [2.45, 2.75) is 24.6 Å². The molecule has 1 atom stereocenters. The van der Waals surface area contributed by atoms with Gasteiger partial charge in [0.1, 0.15) is 5.82 Å². The molecular formula is C12H15BrN4O. The number of fused-ring (bicyclic) bond motifs is 1. The topological polar surface area (TPSA) is 59.3 Å². The Morgan fingerprint density at radius 2 is 2.33 bits per heavy atom. The Morgan fingerprint density at radius 3 is 3.11 bits per heavy atom. The molecule has 2 aromatic rings. The highest BCUT2D eigenvalue weighted by atomic mass is 79.9. The molecule has 96 valence electrons. The van der Waals surface area contributed by atoms with Gasteiger partial charge >= 0.3 is 0 Å². The second-order valence-electron chi connectivity index (χ2n) is 3.96. The van der Waals surface area contributed by atoms with Crippen LogP contribution >= 0.6 is 15.9 Å². The summed E-state index contributed by atoms with van der Waals surface area (Å²) in [6.45, 7) is 2.53. The van der Waals surface area contributed by atoms with Gasteiger partial charge in [-0.25, -0.2) is 0 Å². The Bertz CT molecular complexity index is 540. The third-order valence-electron chi connectivity index (χ3n) is 2.68. The highest BCUT2D eigenvalue weighted by Crippen LogP contribution is 2.05. The van der Waals surface area contributed by atoms with Crippen LogP contribution in [0.25, 0.3) is 5.65 Å². The molecular weight excluding hydrogens is 296 g/mol. The normalized spacial score (nSPS) is 12.6. The van der Waals surface area contributed by atoms with E-state index in [1.165, 1.54) is 0 Å². The zero-order valence-corrected chi connectivity index (χ0v) is 11.7. The lowest BCUT2D eigenvalue weighted by Gasteiger charge is -2.07. The minimum atomic E-state index is -0.118. The molecule has 6 heteroatoms. The molecule has 1 amide bonds. The van der Waals surface area contributed by atoms with E-state index in [9.17, 15) is 4.79 Å². The standard InChI is InChI=1S/C12H15BrN4O/c1-2-9(13)12(18)14-7-6-11-16-15-10-5-3-4-8-17(10)11/h3-5,8-9H,2,6-7H2,1H3,(H,14,18). The summed E-state index contributed by atoms with van der Waals surface area (Å²) in [5.41, 5.74) is 0.825. The van der Waals surface area contributed by atoms with Gasteiger partial charge in [-0.3, -0.25) is 9.20 Å². The molecule has 0 aliphatic carbocycles. The van der Waals surface area contributed by atoms with Crippen LogP contribution in [0.5, 0.6) is 0 Å². The minimum absolute atomic E-state index is 0.0197. The van der Waals surface area contributed by atoms with E-state index in [2.05, 4.69) is 31.4 Å². The zero-order chi connectivity index (χ0) is 13.0. The highest BCUT2D eigenvalue weighted by molar-refractivity contribution is 9.10. The number of carbonyl (C=O) groups is 1. The fraction of sp³-hybridized carbons (Fsp3) is 0.417. The zero-order valence-electron chi connectivity index (χ0n) is 10.1. The van der Waals surface area contributed by atoms with Gasteiger partial charge in [0.05, 0.1) is 4.83 Å². The summed E-state index contributed by atoms with van der Waals surface area (Å²) in [4.78, 5) is 11.4. The van der Waals surface area contributed by atoms with Crippen LogP contribution < -0.4 is 5.32 Å². The molecule has 18 heavy (non-hydrogen) atoms. The summed E-state index contributed by atoms with van der Waals surface area (Å²) < 4.78 is 1.93. The first-order chi connectivity index (χ1) is 8.72. The van der Waals surface area contributed by atoms with E-state index in [0.29, 0.717) is 13.0 Å². The number of rotatable bonds is 5. The smallest absolute Gasteiger partial charge is 0.233 e. The van der Waals surface area contributed by atoms with Crippen molar-refractivity contribution in [3.05, 3.63) is 30.2 Å². The summed E-state index contributed by atoms with van der Waals surface area (Å²) in [7, 11) is 0. The van der Waals surface area contributed by atoms with Gasteiger partial charge < -0.3 is 5.32 Å². The molecule has 0 saturated heterocycles. The van der Waals surface area contributed by atoms with Crippen molar-refractivity contribution in [2.75, 3.05) is 6.54 Å². The number of nitrogens with one attached hydrogen (secondary N) is 1. The first-order valence-corrected chi connectivity index (χ1v) is 6.84. The van der Waals surface area contributed by atoms with E-state index in [1.54, 1.807) is 0 Å². The largest absolute Gasteiger partial charge is 0.355 e. The molecule has 0 spiro atoms. The van der Waals surface area contributed by atoms with Gasteiger partial charge in [-0.05, 0) is 18.6 Å². The summed E-state index contributed by atoms with van der Waals surface area (Å²) in [6, 6.07) is 5.76. The van der Waals surface area contributed by atoms with Crippen molar-refractivity contribution in [1.29, 1.82) is 0 Å². The van der Waals surface area contributed by atoms with E-state index >= 15 is 0 Å². The number of amides is 1. The van der Waals surface area contributed by atoms with Crippen LogP contribution in [0.4, 0.5) is 0 Å². The Kier molecular flexibility index (Phi) is 4.30. The predicted molar refractivity (Wildman–Crippen MR) is 72.7 cm³/mol. The van der Waals surface area contributed by atoms with Crippen molar-refractivity contribution in [3.63, 3.8) is 0 Å². The summed E-state index contributed by atoms with van der Waals surface area (Å²) in [6.07, 6.45) is 3.37. The second-order valence-corrected chi connectivity index (χ2v) is 5.07. The van der Waals surface area contributed by atoms with Crippen LogP contribution in [0, 0.1) is 0 Å². The van der Waals surface area contributed by atoms with Gasteiger partial charge in [-0.2, -0.15) is 0 Å². The molecule has 0 aliphatic heterocycles. The monoisotopic (exact) mass is 310 g/mol. The molecule has 0 aromatic carbocycles. The molecule has 2 rings (SSSR count). The van der Waals surface area contributed by atoms with E-state index < -0.39 is 0 Å². The van der Waals surface area contributed by atoms with Crippen LogP contribution in [0.15, 0.2) is 24.4 Å². The fourth-order valence-corrected chi connectivity index (χ4v) is 1.82. The van der Waals surface area contributed by atoms with Crippen LogP contribution in [0.3, 0.4) is 0 Å². The highest BCUT2D eigenvalue weighted by Gasteiger charge is 2.11. The first kappa shape index (κ1) is 13.0. The number of carbonyl (C=O) groups excluding carboxylic acids is 1. The van der Waals surface area contributed by atoms with E-state index in [0.717, 1.165) is 17.9 Å². The molecule has 0 aliphatic rings. The minimum Gasteiger partial charge on any atom is -0.355 e. The summed E-state index contributed by atoms with van der Waals surface area (Å²) >= 11 is 3.32. The van der Waals surface area contributed by atoms with Gasteiger partial charge in [0.25, 0.3) is 0 Å². The fourth-order valence-electron chi connectivity index (χ4n) is 1.66. The van der Waals surface area contributed by atoms with Crippen molar-refractivity contribution in [1.82, 2.24) is 19.9 Å². The first-order valence-electron chi connectivity index (χ1n) is 5.92. The van der Waals surface area contributed by atoms with Crippen LogP contribution in [0.1, 0.15) is 19.2 Å². The maximum atomic E-state index is 11.6. The second kappa shape index (κ2) is 5.95. The SMILES string of the molecule is CCC(Br)C(=O)NCCc1nnc2ccccn12.